The van der Waals surface area contributed by atoms with Gasteiger partial charge < -0.3 is 19.7 Å². The summed E-state index contributed by atoms with van der Waals surface area (Å²) in [6, 6.07) is 11.1. The van der Waals surface area contributed by atoms with Crippen LogP contribution in [-0.4, -0.2) is 46.1 Å². The van der Waals surface area contributed by atoms with E-state index in [0.29, 0.717) is 22.6 Å². The molecule has 0 fully saturated rings. The Morgan fingerprint density at radius 3 is 2.58 bits per heavy atom. The molecular weight excluding hydrogens is 433 g/mol. The maximum absolute atomic E-state index is 13.6. The molecule has 3 aromatic rings. The van der Waals surface area contributed by atoms with Gasteiger partial charge in [0.2, 0.25) is 5.78 Å². The number of non-ortho nitro benzene ring substituents is 1. The summed E-state index contributed by atoms with van der Waals surface area (Å²) in [5, 5.41) is 22.9. The number of aliphatic hydroxyl groups excluding tert-OH is 1. The lowest BCUT2D eigenvalue weighted by molar-refractivity contribution is -0.384. The molecule has 0 amide bonds. The summed E-state index contributed by atoms with van der Waals surface area (Å²) in [6.45, 7) is 2.77. The van der Waals surface area contributed by atoms with Crippen LogP contribution < -0.4 is 5.32 Å². The second kappa shape index (κ2) is 10.0. The van der Waals surface area contributed by atoms with Crippen molar-refractivity contribution in [3.05, 3.63) is 87.0 Å². The number of benzene rings is 2. The smallest absolute Gasteiger partial charge is 0.340 e. The minimum Gasteiger partial charge on any atom is -0.454 e. The second-order valence-electron chi connectivity index (χ2n) is 7.24. The lowest BCUT2D eigenvalue weighted by Crippen LogP contribution is -2.17. The molecule has 10 heteroatoms. The van der Waals surface area contributed by atoms with Crippen LogP contribution in [0.15, 0.2) is 48.5 Å². The highest BCUT2D eigenvalue weighted by molar-refractivity contribution is 6.02. The number of ether oxygens (including phenoxy) is 1. The molecule has 0 aliphatic rings. The molecule has 0 saturated carbocycles. The van der Waals surface area contributed by atoms with Gasteiger partial charge in [-0.25, -0.2) is 9.18 Å². The minimum atomic E-state index is -0.925. The number of aryl methyl sites for hydroxylation is 1. The zero-order valence-corrected chi connectivity index (χ0v) is 18.0. The molecule has 1 heterocycles. The number of halogens is 1. The van der Waals surface area contributed by atoms with E-state index in [0.717, 1.165) is 6.07 Å². The molecule has 3 rings (SSSR count). The largest absolute Gasteiger partial charge is 0.454 e. The number of carbonyl (C=O) groups excluding carboxylic acids is 2. The first kappa shape index (κ1) is 23.6. The van der Waals surface area contributed by atoms with E-state index in [2.05, 4.69) is 5.32 Å². The van der Waals surface area contributed by atoms with Gasteiger partial charge in [0.15, 0.2) is 6.61 Å². The fourth-order valence-corrected chi connectivity index (χ4v) is 3.50. The molecule has 0 saturated heterocycles. The number of rotatable bonds is 9. The van der Waals surface area contributed by atoms with E-state index in [1.165, 1.54) is 24.3 Å². The highest BCUT2D eigenvalue weighted by Crippen LogP contribution is 2.24. The summed E-state index contributed by atoms with van der Waals surface area (Å²) in [6.07, 6.45) is 0. The van der Waals surface area contributed by atoms with Crippen LogP contribution in [0.1, 0.15) is 32.1 Å². The topological polar surface area (TPSA) is 124 Å². The van der Waals surface area contributed by atoms with E-state index in [1.54, 1.807) is 36.6 Å². The van der Waals surface area contributed by atoms with Gasteiger partial charge in [0, 0.05) is 47.0 Å². The zero-order valence-electron chi connectivity index (χ0n) is 18.0. The molecule has 2 N–H and O–H groups in total. The van der Waals surface area contributed by atoms with E-state index in [9.17, 15) is 24.1 Å². The van der Waals surface area contributed by atoms with Crippen molar-refractivity contribution >= 4 is 23.1 Å². The Labute approximate surface area is 188 Å². The average Bonchev–Trinajstić information content (AvgIpc) is 3.09. The van der Waals surface area contributed by atoms with E-state index >= 15 is 0 Å². The van der Waals surface area contributed by atoms with Crippen LogP contribution in [0.25, 0.3) is 5.69 Å². The fraction of sp³-hybridized carbons (Fsp3) is 0.217. The number of carbonyl (C=O) groups is 2. The van der Waals surface area contributed by atoms with Gasteiger partial charge in [-0.2, -0.15) is 0 Å². The summed E-state index contributed by atoms with van der Waals surface area (Å²) in [5.74, 6) is -1.81. The van der Waals surface area contributed by atoms with E-state index in [1.807, 2.05) is 0 Å². The van der Waals surface area contributed by atoms with Crippen molar-refractivity contribution in [1.29, 1.82) is 0 Å². The SMILES string of the molecule is Cc1cc(C(=O)COC(=O)c2cc([N+](=O)[O-])ccc2NCCO)c(C)n1-c1cccc(F)c1. The molecule has 0 radical (unpaired) electrons. The van der Waals surface area contributed by atoms with Gasteiger partial charge in [0.05, 0.1) is 17.1 Å². The van der Waals surface area contributed by atoms with Gasteiger partial charge in [-0.05, 0) is 44.2 Å². The zero-order chi connectivity index (χ0) is 24.1. The molecule has 9 nitrogen and oxygen atoms in total. The summed E-state index contributed by atoms with van der Waals surface area (Å²) in [5.41, 5.74) is 1.90. The normalized spacial score (nSPS) is 10.7. The standard InChI is InChI=1S/C23H22FN3O6/c1-14-10-19(15(2)26(14)17-5-3-4-16(24)11-17)22(29)13-33-23(30)20-12-18(27(31)32)6-7-21(20)25-8-9-28/h3-7,10-12,25,28H,8-9,13H2,1-2H3. The van der Waals surface area contributed by atoms with Crippen LogP contribution in [0.4, 0.5) is 15.8 Å². The van der Waals surface area contributed by atoms with Gasteiger partial charge in [-0.15, -0.1) is 0 Å². The van der Waals surface area contributed by atoms with Gasteiger partial charge in [0.25, 0.3) is 5.69 Å². The van der Waals surface area contributed by atoms with Crippen molar-refractivity contribution in [2.75, 3.05) is 25.1 Å². The molecule has 0 aliphatic carbocycles. The van der Waals surface area contributed by atoms with Crippen molar-refractivity contribution in [2.24, 2.45) is 0 Å². The molecule has 1 aromatic heterocycles. The first-order valence-corrected chi connectivity index (χ1v) is 10.0. The lowest BCUT2D eigenvalue weighted by Gasteiger charge is -2.11. The minimum absolute atomic E-state index is 0.114. The molecule has 2 aromatic carbocycles. The Morgan fingerprint density at radius 2 is 1.91 bits per heavy atom. The number of ketones is 1. The molecule has 0 bridgehead atoms. The maximum atomic E-state index is 13.6. The first-order valence-electron chi connectivity index (χ1n) is 10.0. The molecule has 33 heavy (non-hydrogen) atoms. The number of nitro groups is 1. The van der Waals surface area contributed by atoms with Crippen molar-refractivity contribution in [3.8, 4) is 5.69 Å². The van der Waals surface area contributed by atoms with E-state index in [4.69, 9.17) is 9.84 Å². The molecule has 0 atom stereocenters. The summed E-state index contributed by atoms with van der Waals surface area (Å²) >= 11 is 0. The van der Waals surface area contributed by atoms with E-state index < -0.39 is 29.1 Å². The summed E-state index contributed by atoms with van der Waals surface area (Å²) in [7, 11) is 0. The maximum Gasteiger partial charge on any atom is 0.340 e. The van der Waals surface area contributed by atoms with Gasteiger partial charge in [-0.3, -0.25) is 14.9 Å². The highest BCUT2D eigenvalue weighted by Gasteiger charge is 2.22. The number of nitrogens with zero attached hydrogens (tertiary/aromatic N) is 2. The van der Waals surface area contributed by atoms with Crippen LogP contribution in [0.2, 0.25) is 0 Å². The Bertz CT molecular complexity index is 1220. The Hall–Kier alpha value is -4.05. The molecule has 0 spiro atoms. The van der Waals surface area contributed by atoms with Gasteiger partial charge in [0.1, 0.15) is 5.82 Å². The van der Waals surface area contributed by atoms with Crippen LogP contribution >= 0.6 is 0 Å². The van der Waals surface area contributed by atoms with Crippen molar-refractivity contribution in [1.82, 2.24) is 4.57 Å². The number of esters is 1. The fourth-order valence-electron chi connectivity index (χ4n) is 3.50. The molecule has 0 aliphatic heterocycles. The first-order chi connectivity index (χ1) is 15.7. The van der Waals surface area contributed by atoms with Crippen LogP contribution in [0.3, 0.4) is 0 Å². The van der Waals surface area contributed by atoms with E-state index in [-0.39, 0.29) is 30.1 Å². The number of hydrogen-bond acceptors (Lipinski definition) is 7. The van der Waals surface area contributed by atoms with Crippen LogP contribution in [-0.2, 0) is 4.74 Å². The number of hydrogen-bond donors (Lipinski definition) is 2. The highest BCUT2D eigenvalue weighted by atomic mass is 19.1. The monoisotopic (exact) mass is 455 g/mol. The Balaban J connectivity index is 1.80. The van der Waals surface area contributed by atoms with Crippen molar-refractivity contribution in [2.45, 2.75) is 13.8 Å². The number of anilines is 1. The van der Waals surface area contributed by atoms with Gasteiger partial charge in [-0.1, -0.05) is 6.07 Å². The molecule has 172 valence electrons. The number of nitro benzene ring substituents is 1. The quantitative estimate of drug-likeness (QED) is 0.219. The average molecular weight is 455 g/mol. The number of aromatic nitrogens is 1. The Morgan fingerprint density at radius 1 is 1.15 bits per heavy atom. The van der Waals surface area contributed by atoms with Crippen LogP contribution in [0.5, 0.6) is 0 Å². The van der Waals surface area contributed by atoms with Crippen molar-refractivity contribution in [3.63, 3.8) is 0 Å². The second-order valence-corrected chi connectivity index (χ2v) is 7.24. The molecular formula is C23H22FN3O6. The molecule has 0 unspecified atom stereocenters. The third-order valence-electron chi connectivity index (χ3n) is 4.99. The third kappa shape index (κ3) is 5.24. The number of Topliss-reactive ketones (excluding diaryl/α,β-unsaturated/α-hetero) is 1. The number of aliphatic hydroxyl groups is 1. The number of nitrogens with one attached hydrogen (secondary N) is 1. The third-order valence-corrected chi connectivity index (χ3v) is 4.99. The van der Waals surface area contributed by atoms with Crippen molar-refractivity contribution < 1.29 is 28.7 Å². The van der Waals surface area contributed by atoms with Crippen LogP contribution in [0, 0.1) is 29.8 Å². The predicted molar refractivity (Wildman–Crippen MR) is 118 cm³/mol. The summed E-state index contributed by atoms with van der Waals surface area (Å²) in [4.78, 5) is 35.8. The summed E-state index contributed by atoms with van der Waals surface area (Å²) < 4.78 is 20.5. The lowest BCUT2D eigenvalue weighted by atomic mass is 10.1. The predicted octanol–water partition coefficient (Wildman–Crippen LogP) is 3.59. The van der Waals surface area contributed by atoms with Gasteiger partial charge >= 0.3 is 5.97 Å². The Kier molecular flexibility index (Phi) is 7.19.